The molecule has 1 heterocycles. The monoisotopic (exact) mass is 401 g/mol. The number of Topliss-reactive ketones (excluding diaryl/α,β-unsaturated/α-hetero) is 1. The summed E-state index contributed by atoms with van der Waals surface area (Å²) in [6, 6.07) is 6.72. The molecule has 1 aliphatic carbocycles. The summed E-state index contributed by atoms with van der Waals surface area (Å²) in [6.45, 7) is 1.63. The SMILES string of the molecule is CC(=O)c1ccc(NC(=O)CSc2nc(=O)n(CCO)c3c2CCCC3)cc1. The van der Waals surface area contributed by atoms with Gasteiger partial charge in [0.15, 0.2) is 5.78 Å². The van der Waals surface area contributed by atoms with Gasteiger partial charge in [-0.25, -0.2) is 4.79 Å². The smallest absolute Gasteiger partial charge is 0.348 e. The molecule has 0 radical (unpaired) electrons. The molecule has 8 heteroatoms. The number of ketones is 1. The van der Waals surface area contributed by atoms with E-state index in [0.717, 1.165) is 36.9 Å². The number of nitrogens with zero attached hydrogens (tertiary/aromatic N) is 2. The molecule has 0 fully saturated rings. The maximum absolute atomic E-state index is 12.3. The molecule has 0 spiro atoms. The number of anilines is 1. The van der Waals surface area contributed by atoms with E-state index in [2.05, 4.69) is 10.3 Å². The van der Waals surface area contributed by atoms with Gasteiger partial charge >= 0.3 is 5.69 Å². The van der Waals surface area contributed by atoms with Crippen LogP contribution >= 0.6 is 11.8 Å². The van der Waals surface area contributed by atoms with Crippen LogP contribution in [0.2, 0.25) is 0 Å². The lowest BCUT2D eigenvalue weighted by Crippen LogP contribution is -2.31. The van der Waals surface area contributed by atoms with Crippen LogP contribution in [0.5, 0.6) is 0 Å². The summed E-state index contributed by atoms with van der Waals surface area (Å²) in [6.07, 6.45) is 3.64. The standard InChI is InChI=1S/C20H23N3O4S/c1-13(25)14-6-8-15(9-7-14)21-18(26)12-28-19-16-4-2-3-5-17(16)23(10-11-24)20(27)22-19/h6-9,24H,2-5,10-12H2,1H3,(H,21,26). The molecule has 7 nitrogen and oxygen atoms in total. The number of aliphatic hydroxyl groups excluding tert-OH is 1. The topological polar surface area (TPSA) is 101 Å². The van der Waals surface area contributed by atoms with Crippen LogP contribution in [0.25, 0.3) is 0 Å². The third kappa shape index (κ3) is 4.69. The normalized spacial score (nSPS) is 13.1. The molecular formula is C20H23N3O4S. The van der Waals surface area contributed by atoms with Gasteiger partial charge in [0.25, 0.3) is 0 Å². The van der Waals surface area contributed by atoms with E-state index in [1.807, 2.05) is 0 Å². The molecular weight excluding hydrogens is 378 g/mol. The first-order valence-corrected chi connectivity index (χ1v) is 10.2. The largest absolute Gasteiger partial charge is 0.395 e. The van der Waals surface area contributed by atoms with Gasteiger partial charge < -0.3 is 10.4 Å². The molecule has 1 aromatic heterocycles. The van der Waals surface area contributed by atoms with Crippen LogP contribution in [-0.4, -0.2) is 38.7 Å². The van der Waals surface area contributed by atoms with Gasteiger partial charge in [-0.05, 0) is 56.9 Å². The van der Waals surface area contributed by atoms with E-state index < -0.39 is 0 Å². The number of rotatable bonds is 7. The lowest BCUT2D eigenvalue weighted by molar-refractivity contribution is -0.113. The fourth-order valence-electron chi connectivity index (χ4n) is 3.32. The first kappa shape index (κ1) is 20.3. The highest BCUT2D eigenvalue weighted by Gasteiger charge is 2.20. The van der Waals surface area contributed by atoms with Crippen LogP contribution in [0.4, 0.5) is 5.69 Å². The summed E-state index contributed by atoms with van der Waals surface area (Å²) in [5, 5.41) is 12.6. The van der Waals surface area contributed by atoms with Crippen molar-refractivity contribution in [2.45, 2.75) is 44.2 Å². The zero-order chi connectivity index (χ0) is 20.1. The predicted octanol–water partition coefficient (Wildman–Crippen LogP) is 2.05. The molecule has 1 amide bonds. The Bertz CT molecular complexity index is 938. The predicted molar refractivity (Wildman–Crippen MR) is 108 cm³/mol. The maximum Gasteiger partial charge on any atom is 0.348 e. The van der Waals surface area contributed by atoms with Crippen LogP contribution < -0.4 is 11.0 Å². The molecule has 0 unspecified atom stereocenters. The van der Waals surface area contributed by atoms with Crippen molar-refractivity contribution in [2.75, 3.05) is 17.7 Å². The summed E-state index contributed by atoms with van der Waals surface area (Å²) in [5.74, 6) is -0.0937. The third-order valence-corrected chi connectivity index (χ3v) is 5.71. The Balaban J connectivity index is 1.70. The summed E-state index contributed by atoms with van der Waals surface area (Å²) >= 11 is 1.26. The second-order valence-corrected chi connectivity index (χ2v) is 7.64. The summed E-state index contributed by atoms with van der Waals surface area (Å²) in [7, 11) is 0. The molecule has 1 aliphatic rings. The van der Waals surface area contributed by atoms with Crippen molar-refractivity contribution in [3.63, 3.8) is 0 Å². The minimum Gasteiger partial charge on any atom is -0.395 e. The molecule has 28 heavy (non-hydrogen) atoms. The Labute approximate surface area is 167 Å². The first-order valence-electron chi connectivity index (χ1n) is 9.26. The molecule has 0 saturated carbocycles. The molecule has 0 saturated heterocycles. The van der Waals surface area contributed by atoms with E-state index >= 15 is 0 Å². The number of carbonyl (C=O) groups excluding carboxylic acids is 2. The molecule has 3 rings (SSSR count). The number of amides is 1. The number of hydrogen-bond acceptors (Lipinski definition) is 6. The van der Waals surface area contributed by atoms with Crippen LogP contribution in [0.1, 0.15) is 41.4 Å². The Hall–Kier alpha value is -2.45. The van der Waals surface area contributed by atoms with E-state index in [-0.39, 0.29) is 36.3 Å². The summed E-state index contributed by atoms with van der Waals surface area (Å²) in [5.41, 5.74) is 2.78. The van der Waals surface area contributed by atoms with Gasteiger partial charge in [0.2, 0.25) is 5.91 Å². The van der Waals surface area contributed by atoms with Crippen molar-refractivity contribution in [2.24, 2.45) is 0 Å². The van der Waals surface area contributed by atoms with Crippen LogP contribution in [0.15, 0.2) is 34.1 Å². The molecule has 0 aliphatic heterocycles. The van der Waals surface area contributed by atoms with Crippen molar-refractivity contribution in [3.05, 3.63) is 51.6 Å². The number of benzene rings is 1. The fourth-order valence-corrected chi connectivity index (χ4v) is 4.19. The van der Waals surface area contributed by atoms with Gasteiger partial charge in [0.1, 0.15) is 5.03 Å². The second-order valence-electron chi connectivity index (χ2n) is 6.68. The minimum absolute atomic E-state index is 0.0276. The van der Waals surface area contributed by atoms with Gasteiger partial charge in [-0.3, -0.25) is 14.2 Å². The van der Waals surface area contributed by atoms with Crippen LogP contribution in [0, 0.1) is 0 Å². The van der Waals surface area contributed by atoms with Gasteiger partial charge in [-0.15, -0.1) is 0 Å². The van der Waals surface area contributed by atoms with E-state index in [0.29, 0.717) is 16.3 Å². The van der Waals surface area contributed by atoms with Crippen molar-refractivity contribution in [1.82, 2.24) is 9.55 Å². The van der Waals surface area contributed by atoms with Gasteiger partial charge in [0, 0.05) is 22.5 Å². The number of nitrogens with one attached hydrogen (secondary N) is 1. The van der Waals surface area contributed by atoms with Crippen molar-refractivity contribution >= 4 is 29.1 Å². The highest BCUT2D eigenvalue weighted by molar-refractivity contribution is 8.00. The third-order valence-electron chi connectivity index (χ3n) is 4.69. The van der Waals surface area contributed by atoms with Crippen molar-refractivity contribution < 1.29 is 14.7 Å². The Morgan fingerprint density at radius 3 is 2.61 bits per heavy atom. The molecule has 0 bridgehead atoms. The summed E-state index contributed by atoms with van der Waals surface area (Å²) in [4.78, 5) is 40.1. The van der Waals surface area contributed by atoms with Crippen molar-refractivity contribution in [3.8, 4) is 0 Å². The van der Waals surface area contributed by atoms with Gasteiger partial charge in [-0.1, -0.05) is 11.8 Å². The number of aromatic nitrogens is 2. The van der Waals surface area contributed by atoms with E-state index in [1.165, 1.54) is 18.7 Å². The Morgan fingerprint density at radius 1 is 1.21 bits per heavy atom. The number of thioether (sulfide) groups is 1. The molecule has 2 N–H and O–H groups in total. The minimum atomic E-state index is -0.377. The number of aliphatic hydroxyl groups is 1. The van der Waals surface area contributed by atoms with E-state index in [4.69, 9.17) is 0 Å². The Morgan fingerprint density at radius 2 is 1.93 bits per heavy atom. The number of hydrogen-bond donors (Lipinski definition) is 2. The highest BCUT2D eigenvalue weighted by Crippen LogP contribution is 2.28. The molecule has 1 aromatic carbocycles. The fraction of sp³-hybridized carbons (Fsp3) is 0.400. The lowest BCUT2D eigenvalue weighted by atomic mass is 9.97. The highest BCUT2D eigenvalue weighted by atomic mass is 32.2. The number of carbonyl (C=O) groups is 2. The maximum atomic E-state index is 12.3. The van der Waals surface area contributed by atoms with Crippen LogP contribution in [-0.2, 0) is 24.2 Å². The first-order chi connectivity index (χ1) is 13.5. The van der Waals surface area contributed by atoms with E-state index in [9.17, 15) is 19.5 Å². The molecule has 2 aromatic rings. The zero-order valence-corrected chi connectivity index (χ0v) is 16.6. The molecule has 0 atom stereocenters. The number of fused-ring (bicyclic) bond motifs is 1. The average molecular weight is 401 g/mol. The second kappa shape index (κ2) is 9.16. The average Bonchev–Trinajstić information content (AvgIpc) is 2.69. The van der Waals surface area contributed by atoms with Gasteiger partial charge in [-0.2, -0.15) is 4.98 Å². The van der Waals surface area contributed by atoms with Crippen molar-refractivity contribution in [1.29, 1.82) is 0 Å². The Kier molecular flexibility index (Phi) is 6.64. The molecule has 148 valence electrons. The zero-order valence-electron chi connectivity index (χ0n) is 15.7. The van der Waals surface area contributed by atoms with Gasteiger partial charge in [0.05, 0.1) is 18.9 Å². The quantitative estimate of drug-likeness (QED) is 0.418. The lowest BCUT2D eigenvalue weighted by Gasteiger charge is -2.22. The summed E-state index contributed by atoms with van der Waals surface area (Å²) < 4.78 is 1.55. The van der Waals surface area contributed by atoms with E-state index in [1.54, 1.807) is 28.8 Å². The van der Waals surface area contributed by atoms with Crippen LogP contribution in [0.3, 0.4) is 0 Å².